The summed E-state index contributed by atoms with van der Waals surface area (Å²) in [6.07, 6.45) is 4.65. The highest BCUT2D eigenvalue weighted by atomic mass is 16.1. The Kier molecular flexibility index (Phi) is 5.68. The van der Waals surface area contributed by atoms with Gasteiger partial charge in [0.05, 0.1) is 0 Å². The maximum Gasteiger partial charge on any atom is 0.152 e. The van der Waals surface area contributed by atoms with Crippen molar-refractivity contribution < 1.29 is 4.79 Å². The quantitative estimate of drug-likeness (QED) is 0.372. The van der Waals surface area contributed by atoms with E-state index in [1.54, 1.807) is 12.3 Å². The molecule has 0 N–H and O–H groups in total. The second-order valence-corrected chi connectivity index (χ2v) is 3.02. The van der Waals surface area contributed by atoms with Crippen LogP contribution in [0.25, 0.3) is 0 Å². The van der Waals surface area contributed by atoms with Gasteiger partial charge in [0.1, 0.15) is 5.84 Å². The summed E-state index contributed by atoms with van der Waals surface area (Å²) in [4.78, 5) is 18.7. The number of rotatable bonds is 3. The van der Waals surface area contributed by atoms with Gasteiger partial charge < -0.3 is 0 Å². The largest absolute Gasteiger partial charge is 0.295 e. The van der Waals surface area contributed by atoms with Gasteiger partial charge in [0.25, 0.3) is 0 Å². The minimum Gasteiger partial charge on any atom is -0.295 e. The number of ketones is 1. The molecule has 13 heavy (non-hydrogen) atoms. The zero-order chi connectivity index (χ0) is 10.3. The molecule has 0 fully saturated rings. The Bertz CT molecular complexity index is 250. The normalized spacial score (nSPS) is 13.5. The van der Waals surface area contributed by atoms with E-state index in [0.717, 1.165) is 5.84 Å². The molecule has 0 atom stereocenters. The Morgan fingerprint density at radius 3 is 2.38 bits per heavy atom. The first-order chi connectivity index (χ1) is 6.02. The van der Waals surface area contributed by atoms with E-state index in [2.05, 4.69) is 9.98 Å². The van der Waals surface area contributed by atoms with Crippen molar-refractivity contribution in [1.82, 2.24) is 0 Å². The number of hydrogen-bond acceptors (Lipinski definition) is 2. The maximum absolute atomic E-state index is 10.5. The number of nitrogens with zero attached hydrogens (tertiary/aromatic N) is 2. The lowest BCUT2D eigenvalue weighted by Crippen LogP contribution is -1.95. The SMILES string of the molecule is CC(=O)/C=C/C=NC(C)=NC(C)C. The molecular formula is C10H16N2O. The molecule has 0 radical (unpaired) electrons. The minimum atomic E-state index is 0.0184. The van der Waals surface area contributed by atoms with Crippen LogP contribution in [0.15, 0.2) is 22.1 Å². The summed E-state index contributed by atoms with van der Waals surface area (Å²) in [5.74, 6) is 0.744. The van der Waals surface area contributed by atoms with Crippen LogP contribution in [-0.2, 0) is 4.79 Å². The molecule has 0 bridgehead atoms. The summed E-state index contributed by atoms with van der Waals surface area (Å²) < 4.78 is 0. The molecule has 3 nitrogen and oxygen atoms in total. The van der Waals surface area contributed by atoms with E-state index < -0.39 is 0 Å². The van der Waals surface area contributed by atoms with Crippen LogP contribution in [0.4, 0.5) is 0 Å². The van der Waals surface area contributed by atoms with Crippen molar-refractivity contribution in [1.29, 1.82) is 0 Å². The van der Waals surface area contributed by atoms with Crippen LogP contribution in [-0.4, -0.2) is 23.9 Å². The highest BCUT2D eigenvalue weighted by molar-refractivity contribution is 5.95. The van der Waals surface area contributed by atoms with Gasteiger partial charge in [0.2, 0.25) is 0 Å². The molecule has 0 unspecified atom stereocenters. The third-order valence-electron chi connectivity index (χ3n) is 1.12. The Morgan fingerprint density at radius 1 is 1.31 bits per heavy atom. The molecule has 3 heteroatoms. The number of carbonyl (C=O) groups excluding carboxylic acids is 1. The van der Waals surface area contributed by atoms with Gasteiger partial charge in [-0.25, -0.2) is 4.99 Å². The molecule has 0 aromatic rings. The van der Waals surface area contributed by atoms with Gasteiger partial charge in [0.15, 0.2) is 5.78 Å². The highest BCUT2D eigenvalue weighted by Crippen LogP contribution is 1.88. The third kappa shape index (κ3) is 8.66. The lowest BCUT2D eigenvalue weighted by atomic mass is 10.4. The van der Waals surface area contributed by atoms with Gasteiger partial charge in [-0.3, -0.25) is 9.79 Å². The van der Waals surface area contributed by atoms with Crippen molar-refractivity contribution in [3.63, 3.8) is 0 Å². The summed E-state index contributed by atoms with van der Waals surface area (Å²) in [5, 5.41) is 0. The molecule has 0 rings (SSSR count). The van der Waals surface area contributed by atoms with E-state index in [0.29, 0.717) is 0 Å². The number of carbonyl (C=O) groups is 1. The summed E-state index contributed by atoms with van der Waals surface area (Å²) >= 11 is 0. The fraction of sp³-hybridized carbons (Fsp3) is 0.500. The van der Waals surface area contributed by atoms with Crippen LogP contribution >= 0.6 is 0 Å². The van der Waals surface area contributed by atoms with E-state index in [9.17, 15) is 4.79 Å². The lowest BCUT2D eigenvalue weighted by Gasteiger charge is -1.95. The molecule has 0 saturated heterocycles. The van der Waals surface area contributed by atoms with Crippen molar-refractivity contribution >= 4 is 17.8 Å². The van der Waals surface area contributed by atoms with Gasteiger partial charge in [0, 0.05) is 12.3 Å². The number of allylic oxidation sites excluding steroid dienone is 2. The second-order valence-electron chi connectivity index (χ2n) is 3.02. The van der Waals surface area contributed by atoms with Gasteiger partial charge in [-0.05, 0) is 39.8 Å². The first-order valence-corrected chi connectivity index (χ1v) is 4.28. The van der Waals surface area contributed by atoms with Gasteiger partial charge >= 0.3 is 0 Å². The topological polar surface area (TPSA) is 41.8 Å². The average Bonchev–Trinajstić information content (AvgIpc) is 1.96. The number of amidine groups is 1. The fourth-order valence-corrected chi connectivity index (χ4v) is 0.736. The van der Waals surface area contributed by atoms with Gasteiger partial charge in [-0.15, -0.1) is 0 Å². The van der Waals surface area contributed by atoms with E-state index >= 15 is 0 Å². The van der Waals surface area contributed by atoms with Crippen molar-refractivity contribution in [2.24, 2.45) is 9.98 Å². The van der Waals surface area contributed by atoms with Crippen molar-refractivity contribution in [2.45, 2.75) is 33.7 Å². The fourth-order valence-electron chi connectivity index (χ4n) is 0.736. The van der Waals surface area contributed by atoms with E-state index in [-0.39, 0.29) is 11.8 Å². The Labute approximate surface area is 79.3 Å². The van der Waals surface area contributed by atoms with Crippen molar-refractivity contribution in [2.75, 3.05) is 0 Å². The van der Waals surface area contributed by atoms with Crippen molar-refractivity contribution in [3.05, 3.63) is 12.2 Å². The first-order valence-electron chi connectivity index (χ1n) is 4.28. The van der Waals surface area contributed by atoms with Crippen molar-refractivity contribution in [3.8, 4) is 0 Å². The average molecular weight is 180 g/mol. The summed E-state index contributed by atoms with van der Waals surface area (Å²) in [7, 11) is 0. The summed E-state index contributed by atoms with van der Waals surface area (Å²) in [5.41, 5.74) is 0. The monoisotopic (exact) mass is 180 g/mol. The molecule has 72 valence electrons. The van der Waals surface area contributed by atoms with Crippen LogP contribution in [0.2, 0.25) is 0 Å². The molecular weight excluding hydrogens is 164 g/mol. The Morgan fingerprint density at radius 2 is 1.92 bits per heavy atom. The molecule has 0 aromatic heterocycles. The van der Waals surface area contributed by atoms with Crippen LogP contribution < -0.4 is 0 Å². The predicted octanol–water partition coefficient (Wildman–Crippen LogP) is 2.03. The van der Waals surface area contributed by atoms with Gasteiger partial charge in [-0.1, -0.05) is 0 Å². The molecule has 0 aliphatic carbocycles. The smallest absolute Gasteiger partial charge is 0.152 e. The van der Waals surface area contributed by atoms with Crippen LogP contribution in [0, 0.1) is 0 Å². The zero-order valence-electron chi connectivity index (χ0n) is 8.61. The molecule has 0 amide bonds. The van der Waals surface area contributed by atoms with Gasteiger partial charge in [-0.2, -0.15) is 0 Å². The van der Waals surface area contributed by atoms with E-state index in [1.807, 2.05) is 20.8 Å². The standard InChI is InChI=1S/C10H16N2O/c1-8(2)12-10(4)11-7-5-6-9(3)13/h5-8H,1-4H3/b6-5+,11-7?,12-10?. The number of aliphatic imine (C=N–C) groups is 2. The molecule has 0 heterocycles. The summed E-state index contributed by atoms with van der Waals surface area (Å²) in [6.45, 7) is 7.31. The molecule has 0 spiro atoms. The molecule has 0 saturated carbocycles. The van der Waals surface area contributed by atoms with Crippen LogP contribution in [0.5, 0.6) is 0 Å². The maximum atomic E-state index is 10.5. The third-order valence-corrected chi connectivity index (χ3v) is 1.12. The van der Waals surface area contributed by atoms with E-state index in [4.69, 9.17) is 0 Å². The number of hydrogen-bond donors (Lipinski definition) is 0. The Hall–Kier alpha value is -1.25. The molecule has 0 aromatic carbocycles. The molecule has 0 aliphatic rings. The van der Waals surface area contributed by atoms with Crippen LogP contribution in [0.3, 0.4) is 0 Å². The predicted molar refractivity (Wildman–Crippen MR) is 56.6 cm³/mol. The van der Waals surface area contributed by atoms with E-state index in [1.165, 1.54) is 13.0 Å². The Balaban J connectivity index is 4.05. The summed E-state index contributed by atoms with van der Waals surface area (Å²) in [6, 6.07) is 0.258. The molecule has 0 aliphatic heterocycles. The lowest BCUT2D eigenvalue weighted by molar-refractivity contribution is -0.112. The highest BCUT2D eigenvalue weighted by Gasteiger charge is 1.87. The first kappa shape index (κ1) is 11.8. The minimum absolute atomic E-state index is 0.0184. The van der Waals surface area contributed by atoms with Crippen LogP contribution in [0.1, 0.15) is 27.7 Å². The zero-order valence-corrected chi connectivity index (χ0v) is 8.61. The second kappa shape index (κ2) is 6.29.